The highest BCUT2D eigenvalue weighted by Gasteiger charge is 2.13. The zero-order valence-corrected chi connectivity index (χ0v) is 8.53. The van der Waals surface area contributed by atoms with Crippen LogP contribution in [0.15, 0.2) is 29.0 Å². The van der Waals surface area contributed by atoms with Crippen molar-refractivity contribution < 1.29 is 13.6 Å². The highest BCUT2D eigenvalue weighted by atomic mass is 35.5. The second-order valence-corrected chi connectivity index (χ2v) is 3.19. The molecular weight excluding hydrogens is 237 g/mol. The third-order valence-electron chi connectivity index (χ3n) is 1.66. The van der Waals surface area contributed by atoms with Crippen LogP contribution in [0.1, 0.15) is 10.7 Å². The summed E-state index contributed by atoms with van der Waals surface area (Å²) in [6.07, 6.45) is 2.11. The van der Waals surface area contributed by atoms with E-state index in [1.54, 1.807) is 6.07 Å². The summed E-state index contributed by atoms with van der Waals surface area (Å²) >= 11 is 5.56. The molecule has 0 radical (unpaired) electrons. The van der Waals surface area contributed by atoms with Gasteiger partial charge >= 0.3 is 5.91 Å². The Labute approximate surface area is 94.3 Å². The molecule has 7 heteroatoms. The van der Waals surface area contributed by atoms with Gasteiger partial charge in [0.05, 0.1) is 11.9 Å². The SMILES string of the molecule is O=C(Nc1ccc(Cl)nc1)c1nc(F)co1. The van der Waals surface area contributed by atoms with Crippen molar-refractivity contribution >= 4 is 23.2 Å². The van der Waals surface area contributed by atoms with Gasteiger partial charge in [0.2, 0.25) is 0 Å². The Hall–Kier alpha value is -1.95. The molecule has 0 spiro atoms. The van der Waals surface area contributed by atoms with E-state index in [4.69, 9.17) is 11.6 Å². The molecule has 0 aromatic carbocycles. The molecule has 0 aliphatic carbocycles. The lowest BCUT2D eigenvalue weighted by Crippen LogP contribution is -2.12. The summed E-state index contributed by atoms with van der Waals surface area (Å²) in [6.45, 7) is 0. The van der Waals surface area contributed by atoms with Crippen LogP contribution in [0.4, 0.5) is 10.1 Å². The summed E-state index contributed by atoms with van der Waals surface area (Å²) in [4.78, 5) is 18.4. The number of nitrogens with zero attached hydrogens (tertiary/aromatic N) is 2. The molecule has 0 saturated heterocycles. The van der Waals surface area contributed by atoms with Crippen LogP contribution in [0.25, 0.3) is 0 Å². The average Bonchev–Trinajstić information content (AvgIpc) is 2.68. The Bertz CT molecular complexity index is 512. The van der Waals surface area contributed by atoms with Crippen LogP contribution in [-0.2, 0) is 0 Å². The van der Waals surface area contributed by atoms with Crippen LogP contribution in [0.5, 0.6) is 0 Å². The quantitative estimate of drug-likeness (QED) is 0.818. The number of carbonyl (C=O) groups excluding carboxylic acids is 1. The van der Waals surface area contributed by atoms with Gasteiger partial charge in [0, 0.05) is 0 Å². The molecule has 0 aliphatic heterocycles. The van der Waals surface area contributed by atoms with Crippen molar-refractivity contribution in [3.05, 3.63) is 41.6 Å². The first-order valence-corrected chi connectivity index (χ1v) is 4.57. The van der Waals surface area contributed by atoms with Crippen molar-refractivity contribution in [2.75, 3.05) is 5.32 Å². The number of rotatable bonds is 2. The van der Waals surface area contributed by atoms with E-state index in [0.29, 0.717) is 10.8 Å². The van der Waals surface area contributed by atoms with Crippen molar-refractivity contribution in [2.45, 2.75) is 0 Å². The van der Waals surface area contributed by atoms with Gasteiger partial charge in [-0.25, -0.2) is 4.98 Å². The summed E-state index contributed by atoms with van der Waals surface area (Å²) in [6, 6.07) is 3.06. The van der Waals surface area contributed by atoms with Gasteiger partial charge in [-0.3, -0.25) is 4.79 Å². The van der Waals surface area contributed by atoms with Crippen LogP contribution in [0.3, 0.4) is 0 Å². The van der Waals surface area contributed by atoms with Crippen LogP contribution in [-0.4, -0.2) is 15.9 Å². The van der Waals surface area contributed by atoms with Crippen LogP contribution in [0, 0.1) is 5.95 Å². The standard InChI is InChI=1S/C9H5ClFN3O2/c10-6-2-1-5(3-12-6)13-8(15)9-14-7(11)4-16-9/h1-4H,(H,13,15). The fourth-order valence-corrected chi connectivity index (χ4v) is 1.10. The number of hydrogen-bond donors (Lipinski definition) is 1. The number of oxazole rings is 1. The molecule has 82 valence electrons. The number of hydrogen-bond acceptors (Lipinski definition) is 4. The monoisotopic (exact) mass is 241 g/mol. The minimum atomic E-state index is -0.848. The zero-order chi connectivity index (χ0) is 11.5. The summed E-state index contributed by atoms with van der Waals surface area (Å²) in [7, 11) is 0. The molecule has 2 rings (SSSR count). The molecule has 0 unspecified atom stereocenters. The molecule has 2 aromatic rings. The fraction of sp³-hybridized carbons (Fsp3) is 0. The van der Waals surface area contributed by atoms with E-state index in [0.717, 1.165) is 6.26 Å². The van der Waals surface area contributed by atoms with Gasteiger partial charge in [0.15, 0.2) is 0 Å². The molecule has 0 saturated carbocycles. The predicted molar refractivity (Wildman–Crippen MR) is 53.7 cm³/mol. The highest BCUT2D eigenvalue weighted by Crippen LogP contribution is 2.11. The number of pyridine rings is 1. The molecule has 2 heterocycles. The van der Waals surface area contributed by atoms with E-state index < -0.39 is 11.9 Å². The molecule has 0 atom stereocenters. The Morgan fingerprint density at radius 2 is 2.31 bits per heavy atom. The molecular formula is C9H5ClFN3O2. The zero-order valence-electron chi connectivity index (χ0n) is 7.78. The number of aromatic nitrogens is 2. The van der Waals surface area contributed by atoms with E-state index in [9.17, 15) is 9.18 Å². The number of amides is 1. The van der Waals surface area contributed by atoms with Crippen LogP contribution in [0.2, 0.25) is 5.15 Å². The second kappa shape index (κ2) is 4.28. The second-order valence-electron chi connectivity index (χ2n) is 2.80. The minimum Gasteiger partial charge on any atom is -0.438 e. The van der Waals surface area contributed by atoms with E-state index in [1.807, 2.05) is 0 Å². The predicted octanol–water partition coefficient (Wildman–Crippen LogP) is 2.11. The van der Waals surface area contributed by atoms with Gasteiger partial charge in [-0.15, -0.1) is 0 Å². The van der Waals surface area contributed by atoms with E-state index in [2.05, 4.69) is 19.7 Å². The summed E-state index contributed by atoms with van der Waals surface area (Å²) in [5.41, 5.74) is 0.410. The number of carbonyl (C=O) groups is 1. The molecule has 5 nitrogen and oxygen atoms in total. The lowest BCUT2D eigenvalue weighted by molar-refractivity contribution is 0.0990. The van der Waals surface area contributed by atoms with Crippen molar-refractivity contribution in [3.63, 3.8) is 0 Å². The van der Waals surface area contributed by atoms with Gasteiger partial charge in [-0.1, -0.05) is 11.6 Å². The third-order valence-corrected chi connectivity index (χ3v) is 1.88. The topological polar surface area (TPSA) is 68.0 Å². The minimum absolute atomic E-state index is 0.306. The number of halogens is 2. The average molecular weight is 242 g/mol. The van der Waals surface area contributed by atoms with Crippen molar-refractivity contribution in [1.29, 1.82) is 0 Å². The largest absolute Gasteiger partial charge is 0.438 e. The first kappa shape index (κ1) is 10.6. The Kier molecular flexibility index (Phi) is 2.82. The first-order chi connectivity index (χ1) is 7.65. The van der Waals surface area contributed by atoms with Crippen molar-refractivity contribution in [3.8, 4) is 0 Å². The lowest BCUT2D eigenvalue weighted by Gasteiger charge is -2.00. The molecule has 16 heavy (non-hydrogen) atoms. The van der Waals surface area contributed by atoms with Gasteiger partial charge < -0.3 is 9.73 Å². The molecule has 1 N–H and O–H groups in total. The van der Waals surface area contributed by atoms with Crippen LogP contribution < -0.4 is 5.32 Å². The summed E-state index contributed by atoms with van der Waals surface area (Å²) < 4.78 is 17.0. The summed E-state index contributed by atoms with van der Waals surface area (Å²) in [5, 5.41) is 2.72. The molecule has 0 fully saturated rings. The maximum atomic E-state index is 12.5. The van der Waals surface area contributed by atoms with E-state index in [-0.39, 0.29) is 5.89 Å². The number of nitrogens with one attached hydrogen (secondary N) is 1. The Morgan fingerprint density at radius 1 is 1.50 bits per heavy atom. The van der Waals surface area contributed by atoms with Crippen LogP contribution >= 0.6 is 11.6 Å². The van der Waals surface area contributed by atoms with Gasteiger partial charge in [0.25, 0.3) is 11.8 Å². The smallest absolute Gasteiger partial charge is 0.311 e. The number of anilines is 1. The van der Waals surface area contributed by atoms with Crippen molar-refractivity contribution in [2.24, 2.45) is 0 Å². The fourth-order valence-electron chi connectivity index (χ4n) is 0.993. The van der Waals surface area contributed by atoms with E-state index in [1.165, 1.54) is 12.3 Å². The molecule has 0 bridgehead atoms. The summed E-state index contributed by atoms with van der Waals surface area (Å²) in [5.74, 6) is -1.86. The molecule has 2 aromatic heterocycles. The van der Waals surface area contributed by atoms with Gasteiger partial charge in [0.1, 0.15) is 11.4 Å². The Balaban J connectivity index is 2.10. The highest BCUT2D eigenvalue weighted by molar-refractivity contribution is 6.29. The normalized spacial score (nSPS) is 10.1. The first-order valence-electron chi connectivity index (χ1n) is 4.19. The van der Waals surface area contributed by atoms with Gasteiger partial charge in [-0.2, -0.15) is 9.37 Å². The Morgan fingerprint density at radius 3 is 2.88 bits per heavy atom. The van der Waals surface area contributed by atoms with E-state index >= 15 is 0 Å². The molecule has 0 aliphatic rings. The lowest BCUT2D eigenvalue weighted by atomic mass is 10.4. The third kappa shape index (κ3) is 2.34. The molecule has 1 amide bonds. The van der Waals surface area contributed by atoms with Crippen molar-refractivity contribution in [1.82, 2.24) is 9.97 Å². The maximum absolute atomic E-state index is 12.5. The maximum Gasteiger partial charge on any atom is 0.311 e. The van der Waals surface area contributed by atoms with Gasteiger partial charge in [-0.05, 0) is 12.1 Å².